The Hall–Kier alpha value is -1.50. The van der Waals surface area contributed by atoms with E-state index in [1.165, 1.54) is 34.3 Å². The van der Waals surface area contributed by atoms with Crippen LogP contribution in [0.15, 0.2) is 24.3 Å². The van der Waals surface area contributed by atoms with Gasteiger partial charge in [-0.1, -0.05) is 44.2 Å². The lowest BCUT2D eigenvalue weighted by molar-refractivity contribution is 0.499. The first kappa shape index (κ1) is 10.6. The Morgan fingerprint density at radius 1 is 1.35 bits per heavy atom. The minimum atomic E-state index is 0. The summed E-state index contributed by atoms with van der Waals surface area (Å²) in [5.74, 6) is 1.48. The molecule has 1 aromatic carbocycles. The van der Waals surface area contributed by atoms with Crippen molar-refractivity contribution in [2.45, 2.75) is 26.7 Å². The number of nitrogens with one attached hydrogen (secondary N) is 1. The molecule has 0 saturated heterocycles. The van der Waals surface area contributed by atoms with Gasteiger partial charge < -0.3 is 4.98 Å². The Labute approximate surface area is 103 Å². The summed E-state index contributed by atoms with van der Waals surface area (Å²) in [4.78, 5) is 3.53. The second-order valence-corrected chi connectivity index (χ2v) is 5.49. The van der Waals surface area contributed by atoms with Gasteiger partial charge in [-0.15, -0.1) is 0 Å². The van der Waals surface area contributed by atoms with E-state index in [0.717, 1.165) is 5.92 Å². The monoisotopic (exact) mass is 227 g/mol. The van der Waals surface area contributed by atoms with Gasteiger partial charge >= 0.3 is 0 Å². The summed E-state index contributed by atoms with van der Waals surface area (Å²) in [5.41, 5.74) is 1.26. The first-order chi connectivity index (χ1) is 8.24. The average molecular weight is 227 g/mol. The van der Waals surface area contributed by atoms with Crippen molar-refractivity contribution in [1.29, 1.82) is 0 Å². The molecule has 1 aliphatic carbocycles. The van der Waals surface area contributed by atoms with Gasteiger partial charge in [-0.2, -0.15) is 0 Å². The van der Waals surface area contributed by atoms with Crippen LogP contribution in [-0.2, 0) is 0 Å². The molecule has 0 aliphatic heterocycles. The quantitative estimate of drug-likeness (QED) is 0.811. The van der Waals surface area contributed by atoms with Crippen LogP contribution in [0.25, 0.3) is 23.1 Å². The lowest BCUT2D eigenvalue weighted by Crippen LogP contribution is -2.28. The van der Waals surface area contributed by atoms with E-state index in [0.29, 0.717) is 5.92 Å². The maximum absolute atomic E-state index is 3.53. The van der Waals surface area contributed by atoms with Crippen molar-refractivity contribution in [2.75, 3.05) is 0 Å². The molecule has 90 valence electrons. The molecule has 0 saturated carbocycles. The maximum Gasteiger partial charge on any atom is 0.0464 e. The SMILES string of the molecule is CC(C)CC1C=c2[nH]c3ccccc3c2=CC1.[HH]. The van der Waals surface area contributed by atoms with E-state index >= 15 is 0 Å². The maximum atomic E-state index is 3.53. The molecule has 1 aromatic heterocycles. The Bertz CT molecular complexity index is 651. The van der Waals surface area contributed by atoms with Crippen LogP contribution >= 0.6 is 0 Å². The van der Waals surface area contributed by atoms with Crippen LogP contribution in [0, 0.1) is 11.8 Å². The van der Waals surface area contributed by atoms with Gasteiger partial charge in [-0.05, 0) is 30.7 Å². The summed E-state index contributed by atoms with van der Waals surface area (Å²) in [7, 11) is 0. The number of para-hydroxylation sites is 1. The van der Waals surface area contributed by atoms with Crippen LogP contribution in [-0.4, -0.2) is 4.98 Å². The highest BCUT2D eigenvalue weighted by molar-refractivity contribution is 5.81. The van der Waals surface area contributed by atoms with Crippen molar-refractivity contribution in [3.63, 3.8) is 0 Å². The third kappa shape index (κ3) is 1.90. The van der Waals surface area contributed by atoms with Gasteiger partial charge in [-0.3, -0.25) is 0 Å². The van der Waals surface area contributed by atoms with Gasteiger partial charge in [0.1, 0.15) is 0 Å². The fourth-order valence-corrected chi connectivity index (χ4v) is 2.88. The first-order valence-corrected chi connectivity index (χ1v) is 6.53. The fourth-order valence-electron chi connectivity index (χ4n) is 2.88. The van der Waals surface area contributed by atoms with E-state index in [1.807, 2.05) is 0 Å². The molecule has 0 fully saturated rings. The normalized spacial score (nSPS) is 18.9. The number of aromatic nitrogens is 1. The molecular formula is C16H21N. The molecule has 1 aliphatic rings. The van der Waals surface area contributed by atoms with Gasteiger partial charge in [0, 0.05) is 22.9 Å². The Morgan fingerprint density at radius 2 is 2.18 bits per heavy atom. The molecular weight excluding hydrogens is 206 g/mol. The molecule has 1 nitrogen and oxygen atoms in total. The van der Waals surface area contributed by atoms with Crippen LogP contribution in [0.4, 0.5) is 0 Å². The second kappa shape index (κ2) is 4.06. The van der Waals surface area contributed by atoms with E-state index in [1.54, 1.807) is 0 Å². The molecule has 0 amide bonds. The first-order valence-electron chi connectivity index (χ1n) is 6.53. The Morgan fingerprint density at radius 3 is 3.00 bits per heavy atom. The topological polar surface area (TPSA) is 15.8 Å². The lowest BCUT2D eigenvalue weighted by Gasteiger charge is -2.14. The van der Waals surface area contributed by atoms with Gasteiger partial charge in [0.05, 0.1) is 0 Å². The molecule has 1 heterocycles. The largest absolute Gasteiger partial charge is 0.355 e. The van der Waals surface area contributed by atoms with E-state index in [4.69, 9.17) is 0 Å². The van der Waals surface area contributed by atoms with E-state index < -0.39 is 0 Å². The molecule has 1 heteroatoms. The summed E-state index contributed by atoms with van der Waals surface area (Å²) in [6, 6.07) is 8.57. The van der Waals surface area contributed by atoms with E-state index in [9.17, 15) is 0 Å². The molecule has 0 spiro atoms. The molecule has 0 radical (unpaired) electrons. The molecule has 17 heavy (non-hydrogen) atoms. The predicted octanol–water partition coefficient (Wildman–Crippen LogP) is 3.04. The van der Waals surface area contributed by atoms with Gasteiger partial charge in [0.15, 0.2) is 0 Å². The number of aromatic amines is 1. The molecule has 1 atom stereocenters. The molecule has 1 unspecified atom stereocenters. The average Bonchev–Trinajstić information content (AvgIpc) is 2.65. The lowest BCUT2D eigenvalue weighted by atomic mass is 9.91. The van der Waals surface area contributed by atoms with Gasteiger partial charge in [-0.25, -0.2) is 0 Å². The standard InChI is InChI=1S/C16H19N.H2/c1-11(2)9-12-7-8-14-13-5-3-4-6-15(13)17-16(14)10-12;/h3-6,8,10-12,17H,7,9H2,1-2H3;1H. The summed E-state index contributed by atoms with van der Waals surface area (Å²) < 4.78 is 0. The summed E-state index contributed by atoms with van der Waals surface area (Å²) >= 11 is 0. The van der Waals surface area contributed by atoms with Crippen LogP contribution in [0.2, 0.25) is 0 Å². The zero-order valence-corrected chi connectivity index (χ0v) is 10.5. The van der Waals surface area contributed by atoms with Crippen molar-refractivity contribution in [3.8, 4) is 0 Å². The van der Waals surface area contributed by atoms with Gasteiger partial charge in [0.25, 0.3) is 0 Å². The highest BCUT2D eigenvalue weighted by atomic mass is 14.7. The smallest absolute Gasteiger partial charge is 0.0464 e. The molecule has 3 rings (SSSR count). The third-order valence-electron chi connectivity index (χ3n) is 3.58. The van der Waals surface area contributed by atoms with Crippen LogP contribution in [0.5, 0.6) is 0 Å². The van der Waals surface area contributed by atoms with Crippen LogP contribution < -0.4 is 10.6 Å². The van der Waals surface area contributed by atoms with Crippen molar-refractivity contribution < 1.29 is 1.43 Å². The van der Waals surface area contributed by atoms with Crippen molar-refractivity contribution >= 4 is 23.1 Å². The predicted molar refractivity (Wildman–Crippen MR) is 76.2 cm³/mol. The van der Waals surface area contributed by atoms with Crippen molar-refractivity contribution in [3.05, 3.63) is 34.8 Å². The molecule has 1 N–H and O–H groups in total. The summed E-state index contributed by atoms with van der Waals surface area (Å²) in [5, 5.41) is 4.09. The van der Waals surface area contributed by atoms with Crippen molar-refractivity contribution in [1.82, 2.24) is 4.98 Å². The molecule has 0 bridgehead atoms. The highest BCUT2D eigenvalue weighted by Gasteiger charge is 2.11. The number of hydrogen-bond donors (Lipinski definition) is 1. The number of rotatable bonds is 2. The summed E-state index contributed by atoms with van der Waals surface area (Å²) in [6.07, 6.45) is 7.30. The number of hydrogen-bond acceptors (Lipinski definition) is 0. The minimum absolute atomic E-state index is 0. The summed E-state index contributed by atoms with van der Waals surface area (Å²) in [6.45, 7) is 4.60. The number of H-pyrrole nitrogens is 1. The van der Waals surface area contributed by atoms with E-state index in [-0.39, 0.29) is 1.43 Å². The van der Waals surface area contributed by atoms with Gasteiger partial charge in [0.2, 0.25) is 0 Å². The second-order valence-electron chi connectivity index (χ2n) is 5.49. The molecule has 2 aromatic rings. The minimum Gasteiger partial charge on any atom is -0.355 e. The van der Waals surface area contributed by atoms with Crippen LogP contribution in [0.1, 0.15) is 28.1 Å². The zero-order valence-electron chi connectivity index (χ0n) is 10.5. The number of benzene rings is 1. The Balaban J connectivity index is 0.00000120. The third-order valence-corrected chi connectivity index (χ3v) is 3.58. The number of fused-ring (bicyclic) bond motifs is 3. The van der Waals surface area contributed by atoms with Crippen molar-refractivity contribution in [2.24, 2.45) is 11.8 Å². The highest BCUT2D eigenvalue weighted by Crippen LogP contribution is 2.19. The zero-order chi connectivity index (χ0) is 11.8. The van der Waals surface area contributed by atoms with E-state index in [2.05, 4.69) is 55.2 Å². The Kier molecular flexibility index (Phi) is 2.54. The fraction of sp³-hybridized carbons (Fsp3) is 0.375. The van der Waals surface area contributed by atoms with Crippen LogP contribution in [0.3, 0.4) is 0 Å².